The highest BCUT2D eigenvalue weighted by Gasteiger charge is 2.44. The van der Waals surface area contributed by atoms with Crippen LogP contribution in [0.15, 0.2) is 40.7 Å². The highest BCUT2D eigenvalue weighted by molar-refractivity contribution is 6.31. The third kappa shape index (κ3) is 2.45. The molecular weight excluding hydrogens is 359 g/mol. The summed E-state index contributed by atoms with van der Waals surface area (Å²) in [7, 11) is 0. The summed E-state index contributed by atoms with van der Waals surface area (Å²) < 4.78 is 43.8. The first-order valence-corrected chi connectivity index (χ1v) is 7.95. The van der Waals surface area contributed by atoms with Gasteiger partial charge in [-0.05, 0) is 24.1 Å². The Bertz CT molecular complexity index is 846. The van der Waals surface area contributed by atoms with E-state index in [0.717, 1.165) is 6.07 Å². The molecule has 0 amide bonds. The van der Waals surface area contributed by atoms with E-state index in [1.54, 1.807) is 0 Å². The molecule has 3 aliphatic rings. The SMILES string of the molecule is O=C1CCC2=C1C(c1ccc(C(F)(F)F)c(Cl)c1)C1=C(COC1=O)N2. The van der Waals surface area contributed by atoms with E-state index >= 15 is 0 Å². The van der Waals surface area contributed by atoms with Crippen molar-refractivity contribution in [1.29, 1.82) is 0 Å². The van der Waals surface area contributed by atoms with Gasteiger partial charge in [-0.1, -0.05) is 17.7 Å². The molecule has 2 heterocycles. The van der Waals surface area contributed by atoms with Gasteiger partial charge in [0.05, 0.1) is 21.9 Å². The van der Waals surface area contributed by atoms with Crippen molar-refractivity contribution in [2.75, 3.05) is 6.61 Å². The molecule has 0 aromatic heterocycles. The molecule has 0 fully saturated rings. The van der Waals surface area contributed by atoms with Crippen LogP contribution in [0.3, 0.4) is 0 Å². The van der Waals surface area contributed by atoms with Gasteiger partial charge >= 0.3 is 12.1 Å². The number of halogens is 4. The van der Waals surface area contributed by atoms with Gasteiger partial charge in [0, 0.05) is 23.6 Å². The number of esters is 1. The number of ketones is 1. The minimum absolute atomic E-state index is 0.0595. The van der Waals surface area contributed by atoms with E-state index in [0.29, 0.717) is 35.4 Å². The van der Waals surface area contributed by atoms with Gasteiger partial charge in [-0.15, -0.1) is 0 Å². The van der Waals surface area contributed by atoms with Gasteiger partial charge in [0.1, 0.15) is 6.61 Å². The van der Waals surface area contributed by atoms with E-state index in [4.69, 9.17) is 16.3 Å². The fourth-order valence-corrected chi connectivity index (χ4v) is 3.85. The van der Waals surface area contributed by atoms with Crippen molar-refractivity contribution < 1.29 is 27.5 Å². The molecule has 8 heteroatoms. The molecule has 0 saturated carbocycles. The third-order valence-electron chi connectivity index (χ3n) is 4.63. The summed E-state index contributed by atoms with van der Waals surface area (Å²) >= 11 is 5.82. The average Bonchev–Trinajstić information content (AvgIpc) is 3.08. The molecule has 1 aromatic carbocycles. The second kappa shape index (κ2) is 5.36. The fraction of sp³-hybridized carbons (Fsp3) is 0.294. The molecule has 4 rings (SSSR count). The van der Waals surface area contributed by atoms with Crippen LogP contribution in [0.1, 0.15) is 29.9 Å². The lowest BCUT2D eigenvalue weighted by atomic mass is 9.80. The third-order valence-corrected chi connectivity index (χ3v) is 4.94. The summed E-state index contributed by atoms with van der Waals surface area (Å²) in [4.78, 5) is 24.4. The summed E-state index contributed by atoms with van der Waals surface area (Å²) in [5, 5.41) is 2.60. The van der Waals surface area contributed by atoms with E-state index in [-0.39, 0.29) is 18.0 Å². The Hall–Kier alpha value is -2.28. The smallest absolute Gasteiger partial charge is 0.417 e. The molecule has 130 valence electrons. The van der Waals surface area contributed by atoms with Gasteiger partial charge in [0.25, 0.3) is 0 Å². The number of hydrogen-bond acceptors (Lipinski definition) is 4. The Labute approximate surface area is 145 Å². The van der Waals surface area contributed by atoms with Crippen LogP contribution < -0.4 is 5.32 Å². The minimum Gasteiger partial charge on any atom is -0.456 e. The molecule has 0 radical (unpaired) electrons. The van der Waals surface area contributed by atoms with Gasteiger partial charge in [0.2, 0.25) is 0 Å². The zero-order valence-corrected chi connectivity index (χ0v) is 13.4. The van der Waals surface area contributed by atoms with Gasteiger partial charge in [-0.25, -0.2) is 4.79 Å². The topological polar surface area (TPSA) is 55.4 Å². The molecule has 1 atom stereocenters. The molecule has 1 aromatic rings. The number of benzene rings is 1. The zero-order chi connectivity index (χ0) is 17.9. The predicted molar refractivity (Wildman–Crippen MR) is 81.6 cm³/mol. The molecule has 25 heavy (non-hydrogen) atoms. The quantitative estimate of drug-likeness (QED) is 0.770. The number of nitrogens with one attached hydrogen (secondary N) is 1. The predicted octanol–water partition coefficient (Wildman–Crippen LogP) is 3.47. The maximum absolute atomic E-state index is 12.9. The Morgan fingerprint density at radius 3 is 2.56 bits per heavy atom. The maximum atomic E-state index is 12.9. The van der Waals surface area contributed by atoms with Crippen molar-refractivity contribution in [2.24, 2.45) is 0 Å². The normalized spacial score (nSPS) is 22.8. The molecule has 0 saturated heterocycles. The van der Waals surface area contributed by atoms with Crippen LogP contribution >= 0.6 is 11.6 Å². The minimum atomic E-state index is -4.58. The number of allylic oxidation sites excluding steroid dienone is 2. The first-order valence-electron chi connectivity index (χ1n) is 7.57. The number of Topliss-reactive ketones (excluding diaryl/α,β-unsaturated/α-hetero) is 1. The first-order chi connectivity index (χ1) is 11.8. The van der Waals surface area contributed by atoms with E-state index in [2.05, 4.69) is 5.32 Å². The largest absolute Gasteiger partial charge is 0.456 e. The standard InChI is InChI=1S/C17H11ClF3NO3/c18-9-5-7(1-2-8(9)17(19,20)21)13-14-10(3-4-12(14)23)22-11-6-25-16(24)15(11)13/h1-2,5,13,22H,3-4,6H2. The van der Waals surface area contributed by atoms with Crippen molar-refractivity contribution in [3.05, 3.63) is 56.9 Å². The Morgan fingerprint density at radius 2 is 1.88 bits per heavy atom. The lowest BCUT2D eigenvalue weighted by Gasteiger charge is -2.26. The number of carbonyl (C=O) groups excluding carboxylic acids is 2. The van der Waals surface area contributed by atoms with E-state index in [1.165, 1.54) is 12.1 Å². The average molecular weight is 370 g/mol. The van der Waals surface area contributed by atoms with Crippen molar-refractivity contribution >= 4 is 23.4 Å². The molecule has 0 bridgehead atoms. The number of alkyl halides is 3. The van der Waals surface area contributed by atoms with E-state index in [9.17, 15) is 22.8 Å². The van der Waals surface area contributed by atoms with Crippen molar-refractivity contribution in [2.45, 2.75) is 24.9 Å². The fourth-order valence-electron chi connectivity index (χ4n) is 3.55. The second-order valence-corrected chi connectivity index (χ2v) is 6.49. The second-order valence-electron chi connectivity index (χ2n) is 6.08. The molecule has 1 N–H and O–H groups in total. The lowest BCUT2D eigenvalue weighted by Crippen LogP contribution is -2.26. The van der Waals surface area contributed by atoms with Gasteiger partial charge in [0.15, 0.2) is 5.78 Å². The lowest BCUT2D eigenvalue weighted by molar-refractivity contribution is -0.138. The van der Waals surface area contributed by atoms with Gasteiger partial charge in [-0.2, -0.15) is 13.2 Å². The highest BCUT2D eigenvalue weighted by atomic mass is 35.5. The molecule has 4 nitrogen and oxygen atoms in total. The summed E-state index contributed by atoms with van der Waals surface area (Å²) in [6.07, 6.45) is -3.77. The van der Waals surface area contributed by atoms with Crippen molar-refractivity contribution in [1.82, 2.24) is 5.32 Å². The molecule has 1 unspecified atom stereocenters. The van der Waals surface area contributed by atoms with Gasteiger partial charge in [-0.3, -0.25) is 4.79 Å². The molecule has 2 aliphatic heterocycles. The summed E-state index contributed by atoms with van der Waals surface area (Å²) in [5.41, 5.74) is 1.34. The number of carbonyl (C=O) groups is 2. The van der Waals surface area contributed by atoms with Crippen molar-refractivity contribution in [3.8, 4) is 0 Å². The van der Waals surface area contributed by atoms with E-state index < -0.39 is 28.6 Å². The van der Waals surface area contributed by atoms with Crippen LogP contribution in [0.4, 0.5) is 13.2 Å². The molecule has 1 aliphatic carbocycles. The number of hydrogen-bond donors (Lipinski definition) is 1. The number of cyclic esters (lactones) is 1. The Morgan fingerprint density at radius 1 is 1.12 bits per heavy atom. The number of rotatable bonds is 1. The molecular formula is C17H11ClF3NO3. The summed E-state index contributed by atoms with van der Waals surface area (Å²) in [6, 6.07) is 3.31. The highest BCUT2D eigenvalue weighted by Crippen LogP contribution is 2.46. The number of dihydropyridines is 1. The maximum Gasteiger partial charge on any atom is 0.417 e. The van der Waals surface area contributed by atoms with Crippen LogP contribution in [0, 0.1) is 0 Å². The van der Waals surface area contributed by atoms with Crippen LogP contribution in [0.25, 0.3) is 0 Å². The summed E-state index contributed by atoms with van der Waals surface area (Å²) in [5.74, 6) is -1.46. The monoisotopic (exact) mass is 369 g/mol. The first kappa shape index (κ1) is 16.2. The van der Waals surface area contributed by atoms with Crippen molar-refractivity contribution in [3.63, 3.8) is 0 Å². The van der Waals surface area contributed by atoms with Crippen LogP contribution in [-0.4, -0.2) is 18.4 Å². The Balaban J connectivity index is 1.86. The van der Waals surface area contributed by atoms with Crippen LogP contribution in [-0.2, 0) is 20.5 Å². The van der Waals surface area contributed by atoms with Crippen LogP contribution in [0.5, 0.6) is 0 Å². The number of ether oxygens (including phenoxy) is 1. The van der Waals surface area contributed by atoms with Gasteiger partial charge < -0.3 is 10.1 Å². The summed E-state index contributed by atoms with van der Waals surface area (Å²) in [6.45, 7) is 0.0595. The zero-order valence-electron chi connectivity index (χ0n) is 12.7. The van der Waals surface area contributed by atoms with E-state index in [1.807, 2.05) is 0 Å². The Kier molecular flexibility index (Phi) is 3.47. The molecule has 0 spiro atoms. The van der Waals surface area contributed by atoms with Crippen LogP contribution in [0.2, 0.25) is 5.02 Å².